The Hall–Kier alpha value is -2.39. The molecule has 0 aliphatic heterocycles. The van der Waals surface area contributed by atoms with Crippen molar-refractivity contribution in [3.8, 4) is 0 Å². The summed E-state index contributed by atoms with van der Waals surface area (Å²) in [5.41, 5.74) is 5.45. The van der Waals surface area contributed by atoms with Gasteiger partial charge in [-0.3, -0.25) is 0 Å². The first kappa shape index (κ1) is 31.8. The fourth-order valence-corrected chi connectivity index (χ4v) is 7.40. The van der Waals surface area contributed by atoms with E-state index in [4.69, 9.17) is 0 Å². The molecule has 0 aliphatic carbocycles. The van der Waals surface area contributed by atoms with Crippen LogP contribution in [0.4, 0.5) is 0 Å². The monoisotopic (exact) mass is 588 g/mol. The topological polar surface area (TPSA) is 0 Å². The summed E-state index contributed by atoms with van der Waals surface area (Å²) in [6, 6.07) is 43.3. The molecule has 6 aromatic carbocycles. The van der Waals surface area contributed by atoms with Gasteiger partial charge in [0.1, 0.15) is 0 Å². The van der Waals surface area contributed by atoms with Crippen molar-refractivity contribution in [1.29, 1.82) is 0 Å². The van der Waals surface area contributed by atoms with Crippen LogP contribution in [0.15, 0.2) is 121 Å². The van der Waals surface area contributed by atoms with Gasteiger partial charge in [0.2, 0.25) is 0 Å². The van der Waals surface area contributed by atoms with Gasteiger partial charge in [-0.05, 0) is 13.8 Å². The van der Waals surface area contributed by atoms with E-state index >= 15 is 0 Å². The number of benzene rings is 4. The van der Waals surface area contributed by atoms with E-state index in [1.165, 1.54) is 54.2 Å². The van der Waals surface area contributed by atoms with Gasteiger partial charge in [0.15, 0.2) is 0 Å². The Morgan fingerprint density at radius 3 is 1.21 bits per heavy atom. The third-order valence-corrected chi connectivity index (χ3v) is 10.9. The first-order chi connectivity index (χ1) is 17.4. The maximum absolute atomic E-state index is 2.34. The summed E-state index contributed by atoms with van der Waals surface area (Å²) < 4.78 is 0. The van der Waals surface area contributed by atoms with Crippen LogP contribution in [0.1, 0.15) is 22.3 Å². The summed E-state index contributed by atoms with van der Waals surface area (Å²) in [7, 11) is 0. The Kier molecular flexibility index (Phi) is 12.8. The van der Waals surface area contributed by atoms with Gasteiger partial charge in [0, 0.05) is 0 Å². The van der Waals surface area contributed by atoms with Crippen LogP contribution in [0.3, 0.4) is 0 Å². The quantitative estimate of drug-likeness (QED) is 0.140. The zero-order chi connectivity index (χ0) is 25.5. The standard InChI is InChI=1S/C12H10Si.2C11H11.2ClH.Ti/c1-3-7-11(8-4-1)13-12-9-5-2-6-10-12;2*1-8-6-10-5-3-4-9(2)11(10)7-8;;;/h1-10H;2*3-7H,1-2H3;2*1H;/q;2*-1;;;+2. The summed E-state index contributed by atoms with van der Waals surface area (Å²) in [6.07, 6.45) is -0.545. The van der Waals surface area contributed by atoms with Crippen molar-refractivity contribution in [3.05, 3.63) is 144 Å². The van der Waals surface area contributed by atoms with Gasteiger partial charge in [-0.25, -0.2) is 0 Å². The number of rotatable bonds is 2. The third kappa shape index (κ3) is 8.30. The Balaban J connectivity index is 0.000000197. The Labute approximate surface area is 251 Å². The van der Waals surface area contributed by atoms with E-state index in [2.05, 4.69) is 168 Å². The minimum absolute atomic E-state index is 0. The zero-order valence-corrected chi connectivity index (χ0v) is 26.6. The van der Waals surface area contributed by atoms with Gasteiger partial charge in [-0.2, -0.15) is 12.1 Å². The summed E-state index contributed by atoms with van der Waals surface area (Å²) in [5.74, 6) is 0. The SMILES string of the molecule is Cc1cc2c(C)cccc2[cH-]1.Cc1cc2c(C)cccc2[cH-]1.Cl.Cl.[Ti+2]=[Si](c1ccccc1)c1ccccc1. The molecule has 0 spiro atoms. The van der Waals surface area contributed by atoms with Crippen molar-refractivity contribution in [3.63, 3.8) is 0 Å². The first-order valence-electron chi connectivity index (χ1n) is 12.4. The molecular formula is C34H34Cl2SiTi. The third-order valence-electron chi connectivity index (χ3n) is 6.35. The number of halogens is 2. The van der Waals surface area contributed by atoms with Crippen LogP contribution in [0.2, 0.25) is 0 Å². The fraction of sp³-hybridized carbons (Fsp3) is 0.118. The van der Waals surface area contributed by atoms with Gasteiger partial charge < -0.3 is 0 Å². The van der Waals surface area contributed by atoms with E-state index in [0.717, 1.165) is 0 Å². The van der Waals surface area contributed by atoms with Crippen LogP contribution < -0.4 is 10.4 Å². The molecule has 38 heavy (non-hydrogen) atoms. The molecule has 0 bridgehead atoms. The molecule has 0 heterocycles. The van der Waals surface area contributed by atoms with Crippen LogP contribution in [0.5, 0.6) is 0 Å². The molecule has 0 aromatic heterocycles. The van der Waals surface area contributed by atoms with Crippen LogP contribution >= 0.6 is 24.8 Å². The van der Waals surface area contributed by atoms with Crippen molar-refractivity contribution in [2.45, 2.75) is 27.7 Å². The van der Waals surface area contributed by atoms with Crippen molar-refractivity contribution in [2.24, 2.45) is 0 Å². The van der Waals surface area contributed by atoms with Crippen LogP contribution in [-0.4, -0.2) is 6.19 Å². The van der Waals surface area contributed by atoms with Gasteiger partial charge in [-0.1, -0.05) is 37.1 Å². The van der Waals surface area contributed by atoms with Gasteiger partial charge in [0.05, 0.1) is 0 Å². The second-order valence-corrected chi connectivity index (χ2v) is 13.6. The summed E-state index contributed by atoms with van der Waals surface area (Å²) in [4.78, 5) is 0. The molecule has 0 saturated heterocycles. The molecule has 6 rings (SSSR count). The van der Waals surface area contributed by atoms with Gasteiger partial charge in [-0.15, -0.1) is 93.9 Å². The zero-order valence-electron chi connectivity index (χ0n) is 22.4. The second-order valence-electron chi connectivity index (χ2n) is 9.33. The molecule has 6 aromatic rings. The molecule has 0 fully saturated rings. The predicted molar refractivity (Wildman–Crippen MR) is 170 cm³/mol. The molecule has 0 atom stereocenters. The van der Waals surface area contributed by atoms with E-state index in [0.29, 0.717) is 0 Å². The second kappa shape index (κ2) is 15.3. The summed E-state index contributed by atoms with van der Waals surface area (Å²) in [5, 5.41) is 8.47. The minimum atomic E-state index is -0.545. The van der Waals surface area contributed by atoms with Gasteiger partial charge in [0.25, 0.3) is 0 Å². The molecule has 0 aliphatic rings. The van der Waals surface area contributed by atoms with E-state index in [9.17, 15) is 0 Å². The molecule has 0 unspecified atom stereocenters. The number of fused-ring (bicyclic) bond motifs is 2. The Morgan fingerprint density at radius 1 is 0.500 bits per heavy atom. The van der Waals surface area contributed by atoms with Crippen molar-refractivity contribution < 1.29 is 19.2 Å². The average molecular weight is 590 g/mol. The summed E-state index contributed by atoms with van der Waals surface area (Å²) >= 11 is 2.34. The number of hydrogen-bond acceptors (Lipinski definition) is 0. The maximum atomic E-state index is 2.34. The first-order valence-corrected chi connectivity index (χ1v) is 16.2. The number of aryl methyl sites for hydroxylation is 4. The van der Waals surface area contributed by atoms with E-state index in [-0.39, 0.29) is 24.8 Å². The molecule has 0 amide bonds. The molecular weight excluding hydrogens is 555 g/mol. The van der Waals surface area contributed by atoms with Crippen molar-refractivity contribution >= 4 is 62.9 Å². The molecule has 192 valence electrons. The Morgan fingerprint density at radius 2 is 0.868 bits per heavy atom. The van der Waals surface area contributed by atoms with Crippen LogP contribution in [0.25, 0.3) is 21.5 Å². The molecule has 0 saturated carbocycles. The average Bonchev–Trinajstić information content (AvgIpc) is 3.48. The van der Waals surface area contributed by atoms with E-state index < -0.39 is 6.19 Å². The normalized spacial score (nSPS) is 9.84. The molecule has 4 heteroatoms. The van der Waals surface area contributed by atoms with Gasteiger partial charge >= 0.3 is 96.4 Å². The molecule has 0 nitrogen and oxygen atoms in total. The van der Waals surface area contributed by atoms with E-state index in [1.807, 2.05) is 0 Å². The summed E-state index contributed by atoms with van der Waals surface area (Å²) in [6.45, 7) is 8.59. The number of hydrogen-bond donors (Lipinski definition) is 0. The van der Waals surface area contributed by atoms with Crippen LogP contribution in [0, 0.1) is 27.7 Å². The van der Waals surface area contributed by atoms with Crippen LogP contribution in [-0.2, 0) is 19.2 Å². The Bertz CT molecular complexity index is 1460. The fourth-order valence-electron chi connectivity index (χ4n) is 4.46. The molecule has 0 N–H and O–H groups in total. The van der Waals surface area contributed by atoms with E-state index in [1.54, 1.807) is 0 Å². The molecule has 0 radical (unpaired) electrons. The van der Waals surface area contributed by atoms with Crippen molar-refractivity contribution in [1.82, 2.24) is 0 Å². The van der Waals surface area contributed by atoms with Crippen molar-refractivity contribution in [2.75, 3.05) is 0 Å². The predicted octanol–water partition coefficient (Wildman–Crippen LogP) is 8.53.